The molecule has 0 radical (unpaired) electrons. The van der Waals surface area contributed by atoms with Gasteiger partial charge in [0, 0.05) is 10.0 Å². The number of rotatable bonds is 2. The van der Waals surface area contributed by atoms with Crippen molar-refractivity contribution in [3.05, 3.63) is 58.1 Å². The van der Waals surface area contributed by atoms with Crippen molar-refractivity contribution in [1.29, 1.82) is 0 Å². The molecule has 0 saturated carbocycles. The highest BCUT2D eigenvalue weighted by molar-refractivity contribution is 9.10. The van der Waals surface area contributed by atoms with Crippen molar-refractivity contribution in [1.82, 2.24) is 4.90 Å². The van der Waals surface area contributed by atoms with Crippen LogP contribution in [-0.2, 0) is 6.18 Å². The average molecular weight is 402 g/mol. The lowest BCUT2D eigenvalue weighted by Crippen LogP contribution is -2.51. The highest BCUT2D eigenvalue weighted by Crippen LogP contribution is 2.37. The molecule has 1 aliphatic rings. The Kier molecular flexibility index (Phi) is 4.38. The molecule has 1 fully saturated rings. The minimum absolute atomic E-state index is 0.0396. The van der Waals surface area contributed by atoms with Gasteiger partial charge in [0.15, 0.2) is 0 Å². The van der Waals surface area contributed by atoms with Gasteiger partial charge in [-0.2, -0.15) is 13.2 Å². The second kappa shape index (κ2) is 6.20. The molecule has 1 saturated heterocycles. The van der Waals surface area contributed by atoms with Crippen LogP contribution in [0.5, 0.6) is 0 Å². The fraction of sp³-hybridized carbons (Fsp3) is 0.235. The molecule has 0 atom stereocenters. The first-order chi connectivity index (χ1) is 11.3. The topological polar surface area (TPSA) is 20.3 Å². The third kappa shape index (κ3) is 3.31. The summed E-state index contributed by atoms with van der Waals surface area (Å²) in [5, 5.41) is 0. The van der Waals surface area contributed by atoms with Gasteiger partial charge in [0.05, 0.1) is 18.7 Å². The minimum atomic E-state index is -4.42. The third-order valence-corrected chi connectivity index (χ3v) is 4.52. The molecule has 0 aliphatic carbocycles. The van der Waals surface area contributed by atoms with E-state index in [0.717, 1.165) is 6.07 Å². The number of amides is 1. The van der Waals surface area contributed by atoms with Crippen LogP contribution in [0.4, 0.5) is 17.6 Å². The Morgan fingerprint density at radius 3 is 2.12 bits per heavy atom. The van der Waals surface area contributed by atoms with Crippen LogP contribution in [-0.4, -0.2) is 30.1 Å². The van der Waals surface area contributed by atoms with E-state index in [-0.39, 0.29) is 23.5 Å². The Morgan fingerprint density at radius 2 is 1.62 bits per heavy atom. The highest BCUT2D eigenvalue weighted by atomic mass is 79.9. The number of likely N-dealkylation sites (tertiary alicyclic amines) is 1. The average Bonchev–Trinajstić information content (AvgIpc) is 2.50. The van der Waals surface area contributed by atoms with E-state index in [1.165, 1.54) is 17.0 Å². The minimum Gasteiger partial charge on any atom is -0.333 e. The molecule has 3 rings (SSSR count). The second-order valence-corrected chi connectivity index (χ2v) is 6.43. The summed E-state index contributed by atoms with van der Waals surface area (Å²) in [6.07, 6.45) is -5.38. The van der Waals surface area contributed by atoms with E-state index in [2.05, 4.69) is 15.9 Å². The number of alkyl halides is 4. The summed E-state index contributed by atoms with van der Waals surface area (Å²) in [4.78, 5) is 13.5. The first-order valence-electron chi connectivity index (χ1n) is 7.16. The van der Waals surface area contributed by atoms with E-state index >= 15 is 0 Å². The lowest BCUT2D eigenvalue weighted by atomic mass is 10.0. The molecular weight excluding hydrogens is 390 g/mol. The molecule has 0 aromatic heterocycles. The first-order valence-corrected chi connectivity index (χ1v) is 7.95. The van der Waals surface area contributed by atoms with Crippen molar-refractivity contribution in [2.45, 2.75) is 12.3 Å². The van der Waals surface area contributed by atoms with E-state index < -0.39 is 17.9 Å². The zero-order chi connectivity index (χ0) is 17.5. The maximum absolute atomic E-state index is 12.8. The highest BCUT2D eigenvalue weighted by Gasteiger charge is 2.33. The van der Waals surface area contributed by atoms with E-state index in [1.807, 2.05) is 0 Å². The lowest BCUT2D eigenvalue weighted by molar-refractivity contribution is -0.138. The van der Waals surface area contributed by atoms with Crippen LogP contribution in [0.25, 0.3) is 11.1 Å². The molecule has 0 N–H and O–H groups in total. The van der Waals surface area contributed by atoms with Crippen molar-refractivity contribution in [3.63, 3.8) is 0 Å². The summed E-state index contributed by atoms with van der Waals surface area (Å²) in [6, 6.07) is 10.3. The van der Waals surface area contributed by atoms with Crippen LogP contribution in [0, 0.1) is 0 Å². The second-order valence-electron chi connectivity index (χ2n) is 5.58. The number of hydrogen-bond donors (Lipinski definition) is 0. The summed E-state index contributed by atoms with van der Waals surface area (Å²) in [7, 11) is 0. The van der Waals surface area contributed by atoms with E-state index in [4.69, 9.17) is 0 Å². The number of hydrogen-bond acceptors (Lipinski definition) is 1. The summed E-state index contributed by atoms with van der Waals surface area (Å²) >= 11 is 2.94. The molecule has 1 amide bonds. The molecule has 2 nitrogen and oxygen atoms in total. The van der Waals surface area contributed by atoms with Crippen molar-refractivity contribution < 1.29 is 22.4 Å². The Morgan fingerprint density at radius 1 is 1.04 bits per heavy atom. The fourth-order valence-corrected chi connectivity index (χ4v) is 3.11. The van der Waals surface area contributed by atoms with Gasteiger partial charge >= 0.3 is 6.18 Å². The molecule has 1 heterocycles. The largest absolute Gasteiger partial charge is 0.417 e. The zero-order valence-electron chi connectivity index (χ0n) is 12.3. The quantitative estimate of drug-likeness (QED) is 0.653. The number of halogens is 5. The maximum atomic E-state index is 12.8. The van der Waals surface area contributed by atoms with Crippen molar-refractivity contribution in [2.24, 2.45) is 0 Å². The number of carbonyl (C=O) groups excluding carboxylic acids is 1. The summed E-state index contributed by atoms with van der Waals surface area (Å²) in [5.74, 6) is -0.246. The van der Waals surface area contributed by atoms with Crippen molar-refractivity contribution >= 4 is 21.8 Å². The van der Waals surface area contributed by atoms with E-state index in [0.29, 0.717) is 16.7 Å². The van der Waals surface area contributed by atoms with Crippen LogP contribution in [0.15, 0.2) is 46.9 Å². The lowest BCUT2D eigenvalue weighted by Gasteiger charge is -2.34. The van der Waals surface area contributed by atoms with Gasteiger partial charge < -0.3 is 4.90 Å². The van der Waals surface area contributed by atoms with Gasteiger partial charge in [-0.15, -0.1) is 0 Å². The Labute approximate surface area is 144 Å². The predicted octanol–water partition coefficient (Wildman–Crippen LogP) is 4.93. The third-order valence-electron chi connectivity index (χ3n) is 3.86. The maximum Gasteiger partial charge on any atom is 0.417 e. The van der Waals surface area contributed by atoms with Gasteiger partial charge in [-0.3, -0.25) is 4.79 Å². The summed E-state index contributed by atoms with van der Waals surface area (Å²) in [5.41, 5.74) is 0.975. The van der Waals surface area contributed by atoms with Crippen LogP contribution in [0.3, 0.4) is 0 Å². The molecule has 0 spiro atoms. The van der Waals surface area contributed by atoms with E-state index in [1.54, 1.807) is 24.3 Å². The summed E-state index contributed by atoms with van der Waals surface area (Å²) < 4.78 is 51.1. The van der Waals surface area contributed by atoms with E-state index in [9.17, 15) is 22.4 Å². The Hall–Kier alpha value is -1.89. The molecular formula is C17H12BrF4NO. The molecule has 0 bridgehead atoms. The van der Waals surface area contributed by atoms with Crippen LogP contribution < -0.4 is 0 Å². The van der Waals surface area contributed by atoms with Crippen molar-refractivity contribution in [2.75, 3.05) is 13.1 Å². The first kappa shape index (κ1) is 17.0. The molecule has 0 unspecified atom stereocenters. The standard InChI is InChI=1S/C17H12BrF4NO/c18-15-7-12(5-6-14(15)17(20,21)22)10-1-3-11(4-2-10)16(24)23-8-13(19)9-23/h1-7,13H,8-9H2. The zero-order valence-corrected chi connectivity index (χ0v) is 13.9. The van der Waals surface area contributed by atoms with Gasteiger partial charge in [-0.05, 0) is 35.4 Å². The molecule has 2 aromatic carbocycles. The number of nitrogens with zero attached hydrogens (tertiary/aromatic N) is 1. The Balaban J connectivity index is 1.81. The molecule has 7 heteroatoms. The van der Waals surface area contributed by atoms with Crippen molar-refractivity contribution in [3.8, 4) is 11.1 Å². The normalized spacial score (nSPS) is 15.3. The molecule has 126 valence electrons. The number of benzene rings is 2. The predicted molar refractivity (Wildman–Crippen MR) is 85.4 cm³/mol. The SMILES string of the molecule is O=C(c1ccc(-c2ccc(C(F)(F)F)c(Br)c2)cc1)N1CC(F)C1. The van der Waals surface area contributed by atoms with Gasteiger partial charge in [0.1, 0.15) is 6.17 Å². The van der Waals surface area contributed by atoms with Crippen LogP contribution in [0.2, 0.25) is 0 Å². The van der Waals surface area contributed by atoms with Crippen LogP contribution in [0.1, 0.15) is 15.9 Å². The number of carbonyl (C=O) groups is 1. The van der Waals surface area contributed by atoms with Gasteiger partial charge in [-0.1, -0.05) is 34.1 Å². The molecule has 2 aromatic rings. The molecule has 24 heavy (non-hydrogen) atoms. The van der Waals surface area contributed by atoms with Gasteiger partial charge in [-0.25, -0.2) is 4.39 Å². The monoisotopic (exact) mass is 401 g/mol. The van der Waals surface area contributed by atoms with Gasteiger partial charge in [0.25, 0.3) is 5.91 Å². The molecule has 1 aliphatic heterocycles. The fourth-order valence-electron chi connectivity index (χ4n) is 2.50. The van der Waals surface area contributed by atoms with Crippen LogP contribution >= 0.6 is 15.9 Å². The smallest absolute Gasteiger partial charge is 0.333 e. The Bertz CT molecular complexity index is 767. The summed E-state index contributed by atoms with van der Waals surface area (Å²) in [6.45, 7) is 0.207. The van der Waals surface area contributed by atoms with Gasteiger partial charge in [0.2, 0.25) is 0 Å².